The Bertz CT molecular complexity index is 568. The van der Waals surface area contributed by atoms with E-state index in [1.807, 2.05) is 32.0 Å². The lowest BCUT2D eigenvalue weighted by Gasteiger charge is -2.35. The smallest absolute Gasteiger partial charge is 0.220 e. The molecule has 0 spiro atoms. The first-order chi connectivity index (χ1) is 12.6. The van der Waals surface area contributed by atoms with E-state index in [-0.39, 0.29) is 11.3 Å². The zero-order valence-corrected chi connectivity index (χ0v) is 16.3. The van der Waals surface area contributed by atoms with Crippen molar-refractivity contribution >= 4 is 5.91 Å². The summed E-state index contributed by atoms with van der Waals surface area (Å²) in [6.45, 7) is 6.83. The lowest BCUT2D eigenvalue weighted by atomic mass is 9.71. The third-order valence-corrected chi connectivity index (χ3v) is 5.27. The Labute approximate surface area is 157 Å². The quantitative estimate of drug-likeness (QED) is 0.626. The summed E-state index contributed by atoms with van der Waals surface area (Å²) in [5.74, 6) is 0.898. The number of hydrogen-bond acceptors (Lipinski definition) is 4. The van der Waals surface area contributed by atoms with E-state index in [4.69, 9.17) is 15.2 Å². The lowest BCUT2D eigenvalue weighted by Crippen LogP contribution is -2.38. The summed E-state index contributed by atoms with van der Waals surface area (Å²) in [7, 11) is 0. The molecule has 1 aromatic rings. The molecule has 0 bridgehead atoms. The molecule has 5 nitrogen and oxygen atoms in total. The second-order valence-electron chi connectivity index (χ2n) is 7.37. The summed E-state index contributed by atoms with van der Waals surface area (Å²) in [5.41, 5.74) is 8.12. The van der Waals surface area contributed by atoms with Gasteiger partial charge in [-0.15, -0.1) is 0 Å². The van der Waals surface area contributed by atoms with Crippen LogP contribution in [0.25, 0.3) is 0 Å². The van der Waals surface area contributed by atoms with Crippen molar-refractivity contribution in [2.75, 3.05) is 26.4 Å². The molecule has 0 atom stereocenters. The van der Waals surface area contributed by atoms with Crippen molar-refractivity contribution in [1.29, 1.82) is 0 Å². The van der Waals surface area contributed by atoms with Crippen LogP contribution < -0.4 is 15.8 Å². The Morgan fingerprint density at radius 3 is 2.69 bits per heavy atom. The summed E-state index contributed by atoms with van der Waals surface area (Å²) in [6, 6.07) is 6.07. The van der Waals surface area contributed by atoms with Crippen LogP contribution in [0.2, 0.25) is 0 Å². The normalized spacial score (nSPS) is 16.3. The Morgan fingerprint density at radius 2 is 2.00 bits per heavy atom. The van der Waals surface area contributed by atoms with E-state index in [0.29, 0.717) is 39.3 Å². The largest absolute Gasteiger partial charge is 0.491 e. The van der Waals surface area contributed by atoms with Crippen LogP contribution in [0.3, 0.4) is 0 Å². The highest BCUT2D eigenvalue weighted by molar-refractivity contribution is 5.76. The van der Waals surface area contributed by atoms with Gasteiger partial charge < -0.3 is 20.5 Å². The Morgan fingerprint density at radius 1 is 1.23 bits per heavy atom. The number of amides is 1. The second kappa shape index (κ2) is 10.5. The lowest BCUT2D eigenvalue weighted by molar-refractivity contribution is -0.124. The predicted molar refractivity (Wildman–Crippen MR) is 104 cm³/mol. The molecule has 2 rings (SSSR count). The van der Waals surface area contributed by atoms with Gasteiger partial charge >= 0.3 is 0 Å². The van der Waals surface area contributed by atoms with Crippen molar-refractivity contribution in [3.63, 3.8) is 0 Å². The molecular formula is C21H34N2O3. The number of nitrogens with one attached hydrogen (secondary N) is 1. The van der Waals surface area contributed by atoms with E-state index in [1.54, 1.807) is 0 Å². The molecule has 5 heteroatoms. The Balaban J connectivity index is 1.90. The minimum Gasteiger partial charge on any atom is -0.491 e. The summed E-state index contributed by atoms with van der Waals surface area (Å²) < 4.78 is 11.2. The minimum absolute atomic E-state index is 0.00751. The van der Waals surface area contributed by atoms with Gasteiger partial charge in [0.2, 0.25) is 5.91 Å². The second-order valence-corrected chi connectivity index (χ2v) is 7.37. The van der Waals surface area contributed by atoms with Crippen LogP contribution in [0, 0.1) is 12.3 Å². The van der Waals surface area contributed by atoms with Crippen molar-refractivity contribution < 1.29 is 14.3 Å². The molecular weight excluding hydrogens is 328 g/mol. The maximum Gasteiger partial charge on any atom is 0.220 e. The first-order valence-electron chi connectivity index (χ1n) is 9.85. The van der Waals surface area contributed by atoms with Crippen LogP contribution in [0.5, 0.6) is 5.75 Å². The van der Waals surface area contributed by atoms with E-state index < -0.39 is 0 Å². The van der Waals surface area contributed by atoms with Gasteiger partial charge in [-0.25, -0.2) is 0 Å². The van der Waals surface area contributed by atoms with Crippen molar-refractivity contribution in [2.45, 2.75) is 58.9 Å². The molecule has 3 N–H and O–H groups in total. The Kier molecular flexibility index (Phi) is 8.39. The van der Waals surface area contributed by atoms with Gasteiger partial charge in [-0.05, 0) is 50.3 Å². The SMILES string of the molecule is CCOCCOc1cc(C)ccc1CNC(=O)CC1(CN)CCCCC1. The van der Waals surface area contributed by atoms with Crippen LogP contribution in [0.1, 0.15) is 56.6 Å². The molecule has 1 saturated carbocycles. The first kappa shape index (κ1) is 20.7. The molecule has 1 amide bonds. The van der Waals surface area contributed by atoms with Crippen LogP contribution in [-0.2, 0) is 16.1 Å². The number of ether oxygens (including phenoxy) is 2. The van der Waals surface area contributed by atoms with E-state index in [2.05, 4.69) is 5.32 Å². The monoisotopic (exact) mass is 362 g/mol. The molecule has 1 aromatic carbocycles. The fraction of sp³-hybridized carbons (Fsp3) is 0.667. The molecule has 0 saturated heterocycles. The summed E-state index contributed by atoms with van der Waals surface area (Å²) >= 11 is 0. The van der Waals surface area contributed by atoms with Gasteiger partial charge in [0.15, 0.2) is 0 Å². The third-order valence-electron chi connectivity index (χ3n) is 5.27. The van der Waals surface area contributed by atoms with Gasteiger partial charge in [0, 0.05) is 25.1 Å². The number of rotatable bonds is 10. The predicted octanol–water partition coefficient (Wildman–Crippen LogP) is 3.33. The van der Waals surface area contributed by atoms with E-state index in [1.165, 1.54) is 19.3 Å². The number of aryl methyl sites for hydroxylation is 1. The van der Waals surface area contributed by atoms with Crippen molar-refractivity contribution in [3.8, 4) is 5.75 Å². The molecule has 1 aliphatic rings. The molecule has 26 heavy (non-hydrogen) atoms. The zero-order valence-electron chi connectivity index (χ0n) is 16.3. The van der Waals surface area contributed by atoms with E-state index in [0.717, 1.165) is 29.7 Å². The molecule has 1 aliphatic carbocycles. The van der Waals surface area contributed by atoms with E-state index >= 15 is 0 Å². The van der Waals surface area contributed by atoms with Gasteiger partial charge in [-0.2, -0.15) is 0 Å². The summed E-state index contributed by atoms with van der Waals surface area (Å²) in [4.78, 5) is 12.5. The average molecular weight is 363 g/mol. The highest BCUT2D eigenvalue weighted by Crippen LogP contribution is 2.38. The highest BCUT2D eigenvalue weighted by atomic mass is 16.5. The van der Waals surface area contributed by atoms with Gasteiger partial charge in [0.25, 0.3) is 0 Å². The average Bonchev–Trinajstić information content (AvgIpc) is 2.65. The van der Waals surface area contributed by atoms with Gasteiger partial charge in [-0.1, -0.05) is 31.4 Å². The fourth-order valence-electron chi connectivity index (χ4n) is 3.65. The van der Waals surface area contributed by atoms with Crippen LogP contribution in [0.15, 0.2) is 18.2 Å². The maximum absolute atomic E-state index is 12.5. The third kappa shape index (κ3) is 6.29. The highest BCUT2D eigenvalue weighted by Gasteiger charge is 2.32. The number of benzene rings is 1. The van der Waals surface area contributed by atoms with Gasteiger partial charge in [-0.3, -0.25) is 4.79 Å². The van der Waals surface area contributed by atoms with Gasteiger partial charge in [0.1, 0.15) is 12.4 Å². The molecule has 0 aromatic heterocycles. The summed E-state index contributed by atoms with van der Waals surface area (Å²) in [5, 5.41) is 3.06. The van der Waals surface area contributed by atoms with Gasteiger partial charge in [0.05, 0.1) is 6.61 Å². The van der Waals surface area contributed by atoms with E-state index in [9.17, 15) is 4.79 Å². The minimum atomic E-state index is -0.00751. The number of nitrogens with two attached hydrogens (primary N) is 1. The molecule has 0 radical (unpaired) electrons. The maximum atomic E-state index is 12.5. The molecule has 0 heterocycles. The molecule has 1 fully saturated rings. The fourth-order valence-corrected chi connectivity index (χ4v) is 3.65. The molecule has 0 aliphatic heterocycles. The summed E-state index contributed by atoms with van der Waals surface area (Å²) in [6.07, 6.45) is 6.27. The Hall–Kier alpha value is -1.59. The van der Waals surface area contributed by atoms with Crippen molar-refractivity contribution in [3.05, 3.63) is 29.3 Å². The zero-order chi connectivity index (χ0) is 18.8. The van der Waals surface area contributed by atoms with Crippen molar-refractivity contribution in [1.82, 2.24) is 5.32 Å². The van der Waals surface area contributed by atoms with Crippen LogP contribution in [-0.4, -0.2) is 32.3 Å². The molecule has 146 valence electrons. The van der Waals surface area contributed by atoms with Crippen LogP contribution >= 0.6 is 0 Å². The number of hydrogen-bond donors (Lipinski definition) is 2. The molecule has 0 unspecified atom stereocenters. The topological polar surface area (TPSA) is 73.6 Å². The number of carbonyl (C=O) groups excluding carboxylic acids is 1. The standard InChI is InChI=1S/C21H34N2O3/c1-3-25-11-12-26-19-13-17(2)7-8-18(19)15-23-20(24)14-21(16-22)9-5-4-6-10-21/h7-8,13H,3-6,9-12,14-16,22H2,1-2H3,(H,23,24). The number of carbonyl (C=O) groups is 1. The van der Waals surface area contributed by atoms with Crippen LogP contribution in [0.4, 0.5) is 0 Å². The van der Waals surface area contributed by atoms with Crippen molar-refractivity contribution in [2.24, 2.45) is 11.1 Å². The first-order valence-corrected chi connectivity index (χ1v) is 9.85.